The van der Waals surface area contributed by atoms with Crippen LogP contribution in [0.4, 0.5) is 10.5 Å². The van der Waals surface area contributed by atoms with Crippen molar-refractivity contribution < 1.29 is 14.3 Å². The normalized spacial score (nSPS) is 15.2. The van der Waals surface area contributed by atoms with Gasteiger partial charge in [0, 0.05) is 12.2 Å². The van der Waals surface area contributed by atoms with Crippen LogP contribution in [0, 0.1) is 0 Å². The predicted octanol–water partition coefficient (Wildman–Crippen LogP) is 3.90. The maximum atomic E-state index is 11.8. The fourth-order valence-corrected chi connectivity index (χ4v) is 2.57. The predicted molar refractivity (Wildman–Crippen MR) is 92.1 cm³/mol. The van der Waals surface area contributed by atoms with Crippen LogP contribution in [0.3, 0.4) is 0 Å². The number of ether oxygens (including phenoxy) is 2. The number of hydrogen-bond donors (Lipinski definition) is 1. The largest absolute Gasteiger partial charge is 0.494 e. The number of piperidine rings is 1. The van der Waals surface area contributed by atoms with Crippen LogP contribution in [-0.4, -0.2) is 43.8 Å². The van der Waals surface area contributed by atoms with Crippen molar-refractivity contribution >= 4 is 11.8 Å². The van der Waals surface area contributed by atoms with E-state index in [0.29, 0.717) is 6.61 Å². The van der Waals surface area contributed by atoms with Crippen molar-refractivity contribution in [3.8, 4) is 5.75 Å². The minimum Gasteiger partial charge on any atom is -0.494 e. The average molecular weight is 320 g/mol. The number of benzene rings is 1. The molecular formula is C18H28N2O3. The van der Waals surface area contributed by atoms with Crippen molar-refractivity contribution in [2.24, 2.45) is 0 Å². The lowest BCUT2D eigenvalue weighted by Gasteiger charge is -2.25. The summed E-state index contributed by atoms with van der Waals surface area (Å²) in [6.07, 6.45) is 5.57. The SMILES string of the molecule is CCCCOc1ccc(NC(=O)OCCN2CCCCC2)cc1. The molecule has 0 aliphatic carbocycles. The summed E-state index contributed by atoms with van der Waals surface area (Å²) in [5.41, 5.74) is 0.718. The number of likely N-dealkylation sites (tertiary alicyclic amines) is 1. The van der Waals surface area contributed by atoms with Gasteiger partial charge in [0.15, 0.2) is 0 Å². The van der Waals surface area contributed by atoms with Gasteiger partial charge in [-0.25, -0.2) is 4.79 Å². The first-order valence-corrected chi connectivity index (χ1v) is 8.67. The third kappa shape index (κ3) is 6.91. The molecule has 2 rings (SSSR count). The van der Waals surface area contributed by atoms with Crippen LogP contribution in [-0.2, 0) is 4.74 Å². The van der Waals surface area contributed by atoms with Crippen LogP contribution in [0.1, 0.15) is 39.0 Å². The van der Waals surface area contributed by atoms with Gasteiger partial charge in [-0.15, -0.1) is 0 Å². The summed E-state index contributed by atoms with van der Waals surface area (Å²) in [4.78, 5) is 14.1. The number of carbonyl (C=O) groups excluding carboxylic acids is 1. The Morgan fingerprint density at radius 3 is 2.57 bits per heavy atom. The Kier molecular flexibility index (Phi) is 7.73. The molecule has 1 N–H and O–H groups in total. The van der Waals surface area contributed by atoms with Crippen molar-refractivity contribution in [3.05, 3.63) is 24.3 Å². The van der Waals surface area contributed by atoms with Gasteiger partial charge in [0.25, 0.3) is 0 Å². The Morgan fingerprint density at radius 1 is 1.13 bits per heavy atom. The minimum atomic E-state index is -0.401. The molecule has 23 heavy (non-hydrogen) atoms. The van der Waals surface area contributed by atoms with E-state index in [1.807, 2.05) is 24.3 Å². The Bertz CT molecular complexity index is 456. The van der Waals surface area contributed by atoms with Crippen molar-refractivity contribution in [2.45, 2.75) is 39.0 Å². The number of carbonyl (C=O) groups is 1. The zero-order valence-electron chi connectivity index (χ0n) is 14.1. The maximum Gasteiger partial charge on any atom is 0.411 e. The van der Waals surface area contributed by atoms with Gasteiger partial charge in [0.1, 0.15) is 12.4 Å². The van der Waals surface area contributed by atoms with Gasteiger partial charge in [-0.1, -0.05) is 19.8 Å². The molecule has 1 aromatic carbocycles. The van der Waals surface area contributed by atoms with Gasteiger partial charge >= 0.3 is 6.09 Å². The number of nitrogens with one attached hydrogen (secondary N) is 1. The third-order valence-corrected chi connectivity index (χ3v) is 3.96. The smallest absolute Gasteiger partial charge is 0.411 e. The van der Waals surface area contributed by atoms with Crippen molar-refractivity contribution in [3.63, 3.8) is 0 Å². The van der Waals surface area contributed by atoms with E-state index in [1.54, 1.807) is 0 Å². The highest BCUT2D eigenvalue weighted by Crippen LogP contribution is 2.16. The van der Waals surface area contributed by atoms with Crippen LogP contribution >= 0.6 is 0 Å². The lowest BCUT2D eigenvalue weighted by Crippen LogP contribution is -2.33. The molecule has 128 valence electrons. The molecule has 1 heterocycles. The molecule has 0 unspecified atom stereocenters. The van der Waals surface area contributed by atoms with Crippen LogP contribution < -0.4 is 10.1 Å². The molecule has 1 amide bonds. The Hall–Kier alpha value is -1.75. The molecule has 0 aromatic heterocycles. The maximum absolute atomic E-state index is 11.8. The number of rotatable bonds is 8. The summed E-state index contributed by atoms with van der Waals surface area (Å²) in [6.45, 7) is 6.34. The Balaban J connectivity index is 1.64. The first-order valence-electron chi connectivity index (χ1n) is 8.67. The quantitative estimate of drug-likeness (QED) is 0.738. The summed E-state index contributed by atoms with van der Waals surface area (Å²) in [6, 6.07) is 7.37. The zero-order valence-corrected chi connectivity index (χ0v) is 14.1. The van der Waals surface area contributed by atoms with E-state index < -0.39 is 6.09 Å². The molecule has 0 saturated carbocycles. The summed E-state index contributed by atoms with van der Waals surface area (Å²) in [5, 5.41) is 2.74. The molecule has 1 aliphatic heterocycles. The minimum absolute atomic E-state index is 0.401. The Morgan fingerprint density at radius 2 is 1.87 bits per heavy atom. The molecule has 1 saturated heterocycles. The highest BCUT2D eigenvalue weighted by molar-refractivity contribution is 5.84. The van der Waals surface area contributed by atoms with Crippen LogP contribution in [0.2, 0.25) is 0 Å². The van der Waals surface area contributed by atoms with Gasteiger partial charge in [-0.05, 0) is 56.6 Å². The monoisotopic (exact) mass is 320 g/mol. The number of anilines is 1. The molecule has 1 aromatic rings. The van der Waals surface area contributed by atoms with Gasteiger partial charge in [-0.2, -0.15) is 0 Å². The first-order chi connectivity index (χ1) is 11.3. The summed E-state index contributed by atoms with van der Waals surface area (Å²) in [7, 11) is 0. The summed E-state index contributed by atoms with van der Waals surface area (Å²) in [5.74, 6) is 0.822. The van der Waals surface area contributed by atoms with E-state index in [0.717, 1.165) is 50.5 Å². The second-order valence-electron chi connectivity index (χ2n) is 5.89. The van der Waals surface area contributed by atoms with Gasteiger partial charge < -0.3 is 9.47 Å². The highest BCUT2D eigenvalue weighted by atomic mass is 16.5. The number of hydrogen-bond acceptors (Lipinski definition) is 4. The fourth-order valence-electron chi connectivity index (χ4n) is 2.57. The van der Waals surface area contributed by atoms with Crippen LogP contribution in [0.5, 0.6) is 5.75 Å². The number of nitrogens with zero attached hydrogens (tertiary/aromatic N) is 1. The Labute approximate surface area is 139 Å². The van der Waals surface area contributed by atoms with Crippen molar-refractivity contribution in [1.29, 1.82) is 0 Å². The van der Waals surface area contributed by atoms with Crippen LogP contribution in [0.25, 0.3) is 0 Å². The molecule has 0 spiro atoms. The zero-order chi connectivity index (χ0) is 16.3. The van der Waals surface area contributed by atoms with Crippen LogP contribution in [0.15, 0.2) is 24.3 Å². The second kappa shape index (κ2) is 10.1. The highest BCUT2D eigenvalue weighted by Gasteiger charge is 2.10. The number of amides is 1. The van der Waals surface area contributed by atoms with Crippen molar-refractivity contribution in [1.82, 2.24) is 4.90 Å². The molecule has 0 radical (unpaired) electrons. The summed E-state index contributed by atoms with van der Waals surface area (Å²) < 4.78 is 10.8. The van der Waals surface area contributed by atoms with Gasteiger partial charge in [0.2, 0.25) is 0 Å². The topological polar surface area (TPSA) is 50.8 Å². The average Bonchev–Trinajstić information content (AvgIpc) is 2.58. The molecule has 1 fully saturated rings. The summed E-state index contributed by atoms with van der Waals surface area (Å²) >= 11 is 0. The van der Waals surface area contributed by atoms with Gasteiger partial charge in [0.05, 0.1) is 6.61 Å². The van der Waals surface area contributed by atoms with E-state index in [4.69, 9.17) is 9.47 Å². The molecule has 1 aliphatic rings. The third-order valence-electron chi connectivity index (χ3n) is 3.96. The van der Waals surface area contributed by atoms with Crippen molar-refractivity contribution in [2.75, 3.05) is 38.2 Å². The molecule has 5 heteroatoms. The molecule has 0 bridgehead atoms. The molecular weight excluding hydrogens is 292 g/mol. The number of unbranched alkanes of at least 4 members (excludes halogenated alkanes) is 1. The van der Waals surface area contributed by atoms with E-state index in [9.17, 15) is 4.79 Å². The van der Waals surface area contributed by atoms with E-state index in [-0.39, 0.29) is 0 Å². The first kappa shape index (κ1) is 17.6. The lowest BCUT2D eigenvalue weighted by atomic mass is 10.1. The van der Waals surface area contributed by atoms with E-state index >= 15 is 0 Å². The standard InChI is InChI=1S/C18H28N2O3/c1-2-3-14-22-17-9-7-16(8-10-17)19-18(21)23-15-13-20-11-5-4-6-12-20/h7-10H,2-6,11-15H2,1H3,(H,19,21). The van der Waals surface area contributed by atoms with E-state index in [2.05, 4.69) is 17.1 Å². The fraction of sp³-hybridized carbons (Fsp3) is 0.611. The van der Waals surface area contributed by atoms with E-state index in [1.165, 1.54) is 19.3 Å². The molecule has 0 atom stereocenters. The second-order valence-corrected chi connectivity index (χ2v) is 5.89. The van der Waals surface area contributed by atoms with Gasteiger partial charge in [-0.3, -0.25) is 10.2 Å². The lowest BCUT2D eigenvalue weighted by molar-refractivity contribution is 0.131. The molecule has 5 nitrogen and oxygen atoms in total.